The van der Waals surface area contributed by atoms with Crippen molar-refractivity contribution in [3.05, 3.63) is 71.8 Å². The van der Waals surface area contributed by atoms with E-state index in [4.69, 9.17) is 0 Å². The Kier molecular flexibility index (Phi) is 3.97. The van der Waals surface area contributed by atoms with Gasteiger partial charge in [0, 0.05) is 5.69 Å². The molecule has 2 aliphatic carbocycles. The molecule has 1 amide bonds. The van der Waals surface area contributed by atoms with E-state index >= 15 is 0 Å². The van der Waals surface area contributed by atoms with Crippen LogP contribution in [0.3, 0.4) is 0 Å². The summed E-state index contributed by atoms with van der Waals surface area (Å²) in [5.74, 6) is 0.128. The lowest BCUT2D eigenvalue weighted by Crippen LogP contribution is -2.27. The van der Waals surface area contributed by atoms with Crippen LogP contribution in [0.25, 0.3) is 5.57 Å². The zero-order valence-corrected chi connectivity index (χ0v) is 13.9. The van der Waals surface area contributed by atoms with Crippen molar-refractivity contribution in [2.75, 3.05) is 5.32 Å². The van der Waals surface area contributed by atoms with Gasteiger partial charge in [0.15, 0.2) is 0 Å². The summed E-state index contributed by atoms with van der Waals surface area (Å²) in [7, 11) is 0. The predicted molar refractivity (Wildman–Crippen MR) is 98.9 cm³/mol. The molecular weight excluding hydrogens is 294 g/mol. The van der Waals surface area contributed by atoms with E-state index in [1.165, 1.54) is 30.4 Å². The van der Waals surface area contributed by atoms with E-state index in [1.54, 1.807) is 0 Å². The number of rotatable bonds is 4. The van der Waals surface area contributed by atoms with Crippen LogP contribution in [0.2, 0.25) is 0 Å². The molecule has 0 aromatic heterocycles. The Morgan fingerprint density at radius 2 is 1.79 bits per heavy atom. The first kappa shape index (κ1) is 15.2. The van der Waals surface area contributed by atoms with Crippen LogP contribution in [-0.2, 0) is 10.2 Å². The summed E-state index contributed by atoms with van der Waals surface area (Å²) in [6.07, 6.45) is 9.09. The standard InChI is InChI=1S/C22H23NO/c24-21(22(14-15-22)19-11-5-2-6-12-19)23-20-13-7-10-18(16-20)17-8-3-1-4-9-17/h2,5-8,10-13,16H,1,3-4,9,14-15H2,(H,23,24). The lowest BCUT2D eigenvalue weighted by Gasteiger charge is -2.17. The molecule has 0 spiro atoms. The quantitative estimate of drug-likeness (QED) is 0.813. The van der Waals surface area contributed by atoms with Gasteiger partial charge in [0.1, 0.15) is 0 Å². The fraction of sp³-hybridized carbons (Fsp3) is 0.318. The number of allylic oxidation sites excluding steroid dienone is 2. The Hall–Kier alpha value is -2.35. The van der Waals surface area contributed by atoms with Crippen molar-refractivity contribution in [1.29, 1.82) is 0 Å². The highest BCUT2D eigenvalue weighted by Crippen LogP contribution is 2.49. The largest absolute Gasteiger partial charge is 0.325 e. The van der Waals surface area contributed by atoms with Crippen molar-refractivity contribution in [2.24, 2.45) is 0 Å². The monoisotopic (exact) mass is 317 g/mol. The third-order valence-electron chi connectivity index (χ3n) is 5.29. The lowest BCUT2D eigenvalue weighted by atomic mass is 9.93. The molecule has 1 saturated carbocycles. The summed E-state index contributed by atoms with van der Waals surface area (Å²) in [6, 6.07) is 18.5. The second kappa shape index (κ2) is 6.27. The van der Waals surface area contributed by atoms with E-state index in [-0.39, 0.29) is 11.3 Å². The van der Waals surface area contributed by atoms with Crippen LogP contribution in [0, 0.1) is 0 Å². The number of nitrogens with one attached hydrogen (secondary N) is 1. The van der Waals surface area contributed by atoms with Crippen molar-refractivity contribution < 1.29 is 4.79 Å². The number of anilines is 1. The highest BCUT2D eigenvalue weighted by atomic mass is 16.2. The Balaban J connectivity index is 1.53. The summed E-state index contributed by atoms with van der Waals surface area (Å²) in [6.45, 7) is 0. The lowest BCUT2D eigenvalue weighted by molar-refractivity contribution is -0.118. The van der Waals surface area contributed by atoms with Gasteiger partial charge in [0.05, 0.1) is 5.41 Å². The van der Waals surface area contributed by atoms with Gasteiger partial charge in [0.2, 0.25) is 5.91 Å². The second-order valence-corrected chi connectivity index (χ2v) is 6.96. The van der Waals surface area contributed by atoms with Crippen molar-refractivity contribution in [1.82, 2.24) is 0 Å². The zero-order chi connectivity index (χ0) is 16.4. The average Bonchev–Trinajstić information content (AvgIpc) is 3.46. The van der Waals surface area contributed by atoms with Crippen molar-refractivity contribution in [2.45, 2.75) is 43.9 Å². The summed E-state index contributed by atoms with van der Waals surface area (Å²) in [5, 5.41) is 3.16. The molecule has 2 aromatic carbocycles. The number of carbonyl (C=O) groups is 1. The highest BCUT2D eigenvalue weighted by molar-refractivity contribution is 6.01. The van der Waals surface area contributed by atoms with E-state index < -0.39 is 0 Å². The van der Waals surface area contributed by atoms with Gasteiger partial charge in [0.25, 0.3) is 0 Å². The third-order valence-corrected chi connectivity index (χ3v) is 5.29. The van der Waals surface area contributed by atoms with Gasteiger partial charge in [-0.3, -0.25) is 4.79 Å². The zero-order valence-electron chi connectivity index (χ0n) is 13.9. The average molecular weight is 317 g/mol. The Labute approximate surface area is 143 Å². The molecule has 1 fully saturated rings. The van der Waals surface area contributed by atoms with Crippen LogP contribution < -0.4 is 5.32 Å². The summed E-state index contributed by atoms with van der Waals surface area (Å²) in [4.78, 5) is 12.9. The number of carbonyl (C=O) groups excluding carboxylic acids is 1. The molecule has 0 heterocycles. The number of benzene rings is 2. The SMILES string of the molecule is O=C(Nc1cccc(C2=CCCCC2)c1)C1(c2ccccc2)CC1. The molecule has 0 saturated heterocycles. The fourth-order valence-electron chi connectivity index (χ4n) is 3.68. The molecule has 0 atom stereocenters. The van der Waals surface area contributed by atoms with Crippen LogP contribution in [0.5, 0.6) is 0 Å². The highest BCUT2D eigenvalue weighted by Gasteiger charge is 2.51. The smallest absolute Gasteiger partial charge is 0.235 e. The maximum atomic E-state index is 12.9. The van der Waals surface area contributed by atoms with Crippen LogP contribution in [0.15, 0.2) is 60.7 Å². The van der Waals surface area contributed by atoms with E-state index in [2.05, 4.69) is 35.7 Å². The van der Waals surface area contributed by atoms with Crippen molar-refractivity contribution in [3.8, 4) is 0 Å². The first-order chi connectivity index (χ1) is 11.8. The molecule has 2 aromatic rings. The van der Waals surface area contributed by atoms with E-state index in [9.17, 15) is 4.79 Å². The van der Waals surface area contributed by atoms with Gasteiger partial charge < -0.3 is 5.32 Å². The van der Waals surface area contributed by atoms with Crippen LogP contribution in [-0.4, -0.2) is 5.91 Å². The molecule has 24 heavy (non-hydrogen) atoms. The van der Waals surface area contributed by atoms with E-state index in [1.807, 2.05) is 30.3 Å². The van der Waals surface area contributed by atoms with Crippen LogP contribution in [0.4, 0.5) is 5.69 Å². The minimum Gasteiger partial charge on any atom is -0.325 e. The Bertz CT molecular complexity index is 772. The van der Waals surface area contributed by atoms with Gasteiger partial charge in [-0.05, 0) is 67.4 Å². The molecule has 4 rings (SSSR count). The predicted octanol–water partition coefficient (Wildman–Crippen LogP) is 5.31. The minimum absolute atomic E-state index is 0.128. The molecule has 122 valence electrons. The maximum absolute atomic E-state index is 12.9. The summed E-state index contributed by atoms with van der Waals surface area (Å²) < 4.78 is 0. The topological polar surface area (TPSA) is 29.1 Å². The van der Waals surface area contributed by atoms with Crippen LogP contribution >= 0.6 is 0 Å². The molecule has 2 aliphatic rings. The van der Waals surface area contributed by atoms with Gasteiger partial charge in [-0.25, -0.2) is 0 Å². The van der Waals surface area contributed by atoms with E-state index in [0.29, 0.717) is 0 Å². The molecule has 2 heteroatoms. The molecule has 0 aliphatic heterocycles. The minimum atomic E-state index is -0.318. The maximum Gasteiger partial charge on any atom is 0.235 e. The number of hydrogen-bond donors (Lipinski definition) is 1. The normalized spacial score (nSPS) is 18.6. The van der Waals surface area contributed by atoms with Crippen molar-refractivity contribution >= 4 is 17.2 Å². The fourth-order valence-corrected chi connectivity index (χ4v) is 3.68. The summed E-state index contributed by atoms with van der Waals surface area (Å²) >= 11 is 0. The second-order valence-electron chi connectivity index (χ2n) is 6.96. The van der Waals surface area contributed by atoms with E-state index in [0.717, 1.165) is 30.5 Å². The van der Waals surface area contributed by atoms with Gasteiger partial charge in [-0.1, -0.05) is 48.5 Å². The number of hydrogen-bond acceptors (Lipinski definition) is 1. The first-order valence-electron chi connectivity index (χ1n) is 8.94. The first-order valence-corrected chi connectivity index (χ1v) is 8.94. The van der Waals surface area contributed by atoms with Crippen LogP contribution in [0.1, 0.15) is 49.7 Å². The third kappa shape index (κ3) is 2.89. The summed E-state index contributed by atoms with van der Waals surface area (Å²) in [5.41, 5.74) is 4.39. The Morgan fingerprint density at radius 1 is 0.958 bits per heavy atom. The molecule has 1 N–H and O–H groups in total. The molecule has 2 nitrogen and oxygen atoms in total. The number of amides is 1. The molecule has 0 bridgehead atoms. The molecular formula is C22H23NO. The molecule has 0 radical (unpaired) electrons. The van der Waals surface area contributed by atoms with Gasteiger partial charge in [-0.2, -0.15) is 0 Å². The Morgan fingerprint density at radius 3 is 2.50 bits per heavy atom. The van der Waals surface area contributed by atoms with Crippen molar-refractivity contribution in [3.63, 3.8) is 0 Å². The molecule has 0 unspecified atom stereocenters. The van der Waals surface area contributed by atoms with Gasteiger partial charge in [-0.15, -0.1) is 0 Å². The van der Waals surface area contributed by atoms with Gasteiger partial charge >= 0.3 is 0 Å².